The Bertz CT molecular complexity index is 1060. The van der Waals surface area contributed by atoms with E-state index in [-0.39, 0.29) is 17.6 Å². The molecule has 0 spiro atoms. The fraction of sp³-hybridized carbons (Fsp3) is 0.190. The van der Waals surface area contributed by atoms with Crippen molar-refractivity contribution < 1.29 is 14.1 Å². The third-order valence-corrected chi connectivity index (χ3v) is 5.82. The number of nitrogens with zero attached hydrogens (tertiary/aromatic N) is 3. The van der Waals surface area contributed by atoms with Gasteiger partial charge in [-0.1, -0.05) is 47.1 Å². The molecule has 3 aromatic rings. The van der Waals surface area contributed by atoms with E-state index in [9.17, 15) is 9.59 Å². The number of benzene rings is 2. The fourth-order valence-electron chi connectivity index (χ4n) is 4.33. The predicted molar refractivity (Wildman–Crippen MR) is 102 cm³/mol. The van der Waals surface area contributed by atoms with Crippen molar-refractivity contribution in [2.24, 2.45) is 0 Å². The van der Waals surface area contributed by atoms with E-state index in [2.05, 4.69) is 5.16 Å². The lowest BCUT2D eigenvalue weighted by Crippen LogP contribution is -2.58. The number of halogens is 1. The number of carbonyl (C=O) groups excluding carboxylic acids is 2. The van der Waals surface area contributed by atoms with Gasteiger partial charge in [-0.15, -0.1) is 0 Å². The summed E-state index contributed by atoms with van der Waals surface area (Å²) in [5.74, 6) is -0.215. The smallest absolute Gasteiger partial charge is 0.294 e. The first-order chi connectivity index (χ1) is 13.6. The molecule has 0 N–H and O–H groups in total. The average molecular weight is 394 g/mol. The normalized spacial score (nSPS) is 20.8. The molecule has 1 aromatic heterocycles. The first kappa shape index (κ1) is 17.0. The molecule has 2 amide bonds. The lowest BCUT2D eigenvalue weighted by Gasteiger charge is -2.47. The largest absolute Gasteiger partial charge is 0.351 e. The molecule has 0 aliphatic carbocycles. The second-order valence-corrected chi connectivity index (χ2v) is 7.38. The molecule has 0 bridgehead atoms. The molecule has 0 radical (unpaired) electrons. The zero-order chi connectivity index (χ0) is 19.3. The molecule has 3 heterocycles. The third kappa shape index (κ3) is 2.31. The summed E-state index contributed by atoms with van der Waals surface area (Å²) in [6.07, 6.45) is 1.94. The Kier molecular flexibility index (Phi) is 3.77. The molecule has 2 aliphatic heterocycles. The van der Waals surface area contributed by atoms with Gasteiger partial charge in [0.15, 0.2) is 0 Å². The van der Waals surface area contributed by atoms with E-state index in [0.717, 1.165) is 11.1 Å². The SMILES string of the molecule is O=C(c1ccno1)N1CCN2C(=O)c3ccccc3CC12c1ccc(Cl)cc1. The van der Waals surface area contributed by atoms with Crippen LogP contribution in [0.1, 0.15) is 32.0 Å². The lowest BCUT2D eigenvalue weighted by atomic mass is 9.83. The van der Waals surface area contributed by atoms with Gasteiger partial charge in [0.05, 0.1) is 6.20 Å². The number of aromatic nitrogens is 1. The first-order valence-corrected chi connectivity index (χ1v) is 9.37. The van der Waals surface area contributed by atoms with Crippen LogP contribution < -0.4 is 0 Å². The Morgan fingerprint density at radius 1 is 1.07 bits per heavy atom. The van der Waals surface area contributed by atoms with Gasteiger partial charge in [-0.05, 0) is 29.3 Å². The molecule has 1 saturated heterocycles. The molecule has 1 unspecified atom stereocenters. The molecule has 7 heteroatoms. The van der Waals surface area contributed by atoms with Gasteiger partial charge < -0.3 is 14.3 Å². The number of hydrogen-bond acceptors (Lipinski definition) is 4. The number of hydrogen-bond donors (Lipinski definition) is 0. The highest BCUT2D eigenvalue weighted by Gasteiger charge is 2.56. The maximum absolute atomic E-state index is 13.3. The summed E-state index contributed by atoms with van der Waals surface area (Å²) in [6.45, 7) is 0.845. The fourth-order valence-corrected chi connectivity index (χ4v) is 4.46. The molecule has 6 nitrogen and oxygen atoms in total. The number of rotatable bonds is 2. The third-order valence-electron chi connectivity index (χ3n) is 5.57. The minimum Gasteiger partial charge on any atom is -0.351 e. The number of carbonyl (C=O) groups is 2. The summed E-state index contributed by atoms with van der Waals surface area (Å²) in [6, 6.07) is 16.4. The van der Waals surface area contributed by atoms with Crippen molar-refractivity contribution in [1.82, 2.24) is 15.0 Å². The minimum absolute atomic E-state index is 0.0790. The van der Waals surface area contributed by atoms with Crippen molar-refractivity contribution in [3.63, 3.8) is 0 Å². The summed E-state index contributed by atoms with van der Waals surface area (Å²) < 4.78 is 5.12. The van der Waals surface area contributed by atoms with Gasteiger partial charge in [-0.2, -0.15) is 0 Å². The second-order valence-electron chi connectivity index (χ2n) is 6.95. The zero-order valence-corrected chi connectivity index (χ0v) is 15.6. The molecule has 140 valence electrons. The number of amides is 2. The highest BCUT2D eigenvalue weighted by atomic mass is 35.5. The Morgan fingerprint density at radius 2 is 1.86 bits per heavy atom. The van der Waals surface area contributed by atoms with Gasteiger partial charge >= 0.3 is 0 Å². The van der Waals surface area contributed by atoms with E-state index < -0.39 is 5.66 Å². The van der Waals surface area contributed by atoms with Crippen LogP contribution in [-0.2, 0) is 12.1 Å². The van der Waals surface area contributed by atoms with Crippen LogP contribution in [0.5, 0.6) is 0 Å². The van der Waals surface area contributed by atoms with Gasteiger partial charge in [0.25, 0.3) is 11.8 Å². The van der Waals surface area contributed by atoms with E-state index in [1.807, 2.05) is 36.4 Å². The van der Waals surface area contributed by atoms with Crippen LogP contribution in [0, 0.1) is 0 Å². The summed E-state index contributed by atoms with van der Waals surface area (Å²) in [5.41, 5.74) is 1.50. The predicted octanol–water partition coefficient (Wildman–Crippen LogP) is 3.34. The molecular weight excluding hydrogens is 378 g/mol. The second kappa shape index (κ2) is 6.21. The first-order valence-electron chi connectivity index (χ1n) is 9.00. The van der Waals surface area contributed by atoms with Crippen molar-refractivity contribution in [3.05, 3.63) is 88.3 Å². The number of fused-ring (bicyclic) bond motifs is 2. The molecule has 28 heavy (non-hydrogen) atoms. The van der Waals surface area contributed by atoms with Gasteiger partial charge in [-0.25, -0.2) is 0 Å². The topological polar surface area (TPSA) is 66.7 Å². The van der Waals surface area contributed by atoms with Crippen LogP contribution >= 0.6 is 11.6 Å². The summed E-state index contributed by atoms with van der Waals surface area (Å²) >= 11 is 6.10. The highest BCUT2D eigenvalue weighted by molar-refractivity contribution is 6.30. The summed E-state index contributed by atoms with van der Waals surface area (Å²) in [5, 5.41) is 4.25. The molecule has 1 fully saturated rings. The van der Waals surface area contributed by atoms with Crippen LogP contribution in [0.2, 0.25) is 5.02 Å². The van der Waals surface area contributed by atoms with E-state index >= 15 is 0 Å². The monoisotopic (exact) mass is 393 g/mol. The van der Waals surface area contributed by atoms with Gasteiger partial charge in [0, 0.05) is 36.2 Å². The van der Waals surface area contributed by atoms with Gasteiger partial charge in [-0.3, -0.25) is 9.59 Å². The highest BCUT2D eigenvalue weighted by Crippen LogP contribution is 2.45. The molecule has 5 rings (SSSR count). The molecule has 0 saturated carbocycles. The zero-order valence-electron chi connectivity index (χ0n) is 14.8. The Balaban J connectivity index is 1.71. The Morgan fingerprint density at radius 3 is 2.61 bits per heavy atom. The molecule has 2 aromatic carbocycles. The van der Waals surface area contributed by atoms with E-state index in [1.165, 1.54) is 6.20 Å². The van der Waals surface area contributed by atoms with Crippen molar-refractivity contribution in [3.8, 4) is 0 Å². The maximum atomic E-state index is 13.3. The van der Waals surface area contributed by atoms with E-state index in [4.69, 9.17) is 16.1 Å². The van der Waals surface area contributed by atoms with Crippen molar-refractivity contribution in [1.29, 1.82) is 0 Å². The van der Waals surface area contributed by atoms with E-state index in [0.29, 0.717) is 30.1 Å². The van der Waals surface area contributed by atoms with Crippen molar-refractivity contribution in [2.45, 2.75) is 12.1 Å². The Labute approximate surface area is 166 Å². The summed E-state index contributed by atoms with van der Waals surface area (Å²) in [7, 11) is 0. The van der Waals surface area contributed by atoms with E-state index in [1.54, 1.807) is 28.0 Å². The van der Waals surface area contributed by atoms with Crippen molar-refractivity contribution >= 4 is 23.4 Å². The summed E-state index contributed by atoms with van der Waals surface area (Å²) in [4.78, 5) is 30.1. The minimum atomic E-state index is -0.931. The maximum Gasteiger partial charge on any atom is 0.294 e. The molecule has 1 atom stereocenters. The Hall–Kier alpha value is -3.12. The van der Waals surface area contributed by atoms with Crippen LogP contribution in [0.3, 0.4) is 0 Å². The standard InChI is InChI=1S/C21H16ClN3O3/c22-16-7-5-15(6-8-16)21-13-14-3-1-2-4-17(14)19(26)24(21)11-12-25(21)20(27)18-9-10-23-28-18/h1-10H,11-13H2. The van der Waals surface area contributed by atoms with Crippen LogP contribution in [-0.4, -0.2) is 39.9 Å². The van der Waals surface area contributed by atoms with Gasteiger partial charge in [0.1, 0.15) is 5.66 Å². The average Bonchev–Trinajstić information content (AvgIpc) is 3.37. The lowest BCUT2D eigenvalue weighted by molar-refractivity contribution is 0.00582. The molecule has 2 aliphatic rings. The quantitative estimate of drug-likeness (QED) is 0.669. The van der Waals surface area contributed by atoms with Crippen LogP contribution in [0.25, 0.3) is 0 Å². The molecular formula is C21H16ClN3O3. The van der Waals surface area contributed by atoms with Gasteiger partial charge in [0.2, 0.25) is 5.76 Å². The van der Waals surface area contributed by atoms with Crippen LogP contribution in [0.15, 0.2) is 65.3 Å². The van der Waals surface area contributed by atoms with Crippen molar-refractivity contribution in [2.75, 3.05) is 13.1 Å². The van der Waals surface area contributed by atoms with Crippen LogP contribution in [0.4, 0.5) is 0 Å².